The van der Waals surface area contributed by atoms with E-state index in [0.29, 0.717) is 6.42 Å². The molecule has 0 aliphatic carbocycles. The van der Waals surface area contributed by atoms with E-state index in [4.69, 9.17) is 4.74 Å². The third-order valence-corrected chi connectivity index (χ3v) is 7.03. The lowest BCUT2D eigenvalue weighted by Gasteiger charge is -2.56. The Morgan fingerprint density at radius 1 is 1.26 bits per heavy atom. The Morgan fingerprint density at radius 3 is 2.78 bits per heavy atom. The molecule has 1 fully saturated rings. The molecule has 3 aliphatic rings. The zero-order valence-corrected chi connectivity index (χ0v) is 15.7. The number of piperidine rings is 1. The number of fused-ring (bicyclic) bond motifs is 3. The van der Waals surface area contributed by atoms with Crippen LogP contribution in [0.4, 0.5) is 0 Å². The second kappa shape index (κ2) is 5.42. The number of rotatable bonds is 2. The van der Waals surface area contributed by atoms with Gasteiger partial charge in [-0.3, -0.25) is 9.69 Å². The van der Waals surface area contributed by atoms with E-state index in [2.05, 4.69) is 4.90 Å². The lowest BCUT2D eigenvalue weighted by Crippen LogP contribution is -2.62. The van der Waals surface area contributed by atoms with E-state index < -0.39 is 17.1 Å². The Kier molecular flexibility index (Phi) is 3.41. The topological polar surface area (TPSA) is 71.8 Å². The number of benzene rings is 1. The molecule has 1 aromatic carbocycles. The normalized spacial score (nSPS) is 32.2. The average molecular weight is 368 g/mol. The molecule has 5 rings (SSSR count). The van der Waals surface area contributed by atoms with Crippen LogP contribution in [-0.2, 0) is 26.5 Å². The summed E-state index contributed by atoms with van der Waals surface area (Å²) in [6.45, 7) is 3.45. The van der Waals surface area contributed by atoms with Gasteiger partial charge in [-0.2, -0.15) is 0 Å². The highest BCUT2D eigenvalue weighted by Gasteiger charge is 2.62. The Hall–Kier alpha value is -2.18. The van der Waals surface area contributed by atoms with Gasteiger partial charge in [-0.15, -0.1) is 0 Å². The van der Waals surface area contributed by atoms with Crippen LogP contribution in [0.3, 0.4) is 0 Å². The first kappa shape index (κ1) is 17.0. The van der Waals surface area contributed by atoms with Crippen molar-refractivity contribution in [1.82, 2.24) is 9.47 Å². The molecule has 0 saturated carbocycles. The SMILES string of the molecule is COC(=O)C1(O)CC2(C(C)=O)CCCN3CCc4c(n1c1ccccc41)C32. The van der Waals surface area contributed by atoms with Gasteiger partial charge >= 0.3 is 5.97 Å². The van der Waals surface area contributed by atoms with Crippen LogP contribution in [0, 0.1) is 5.41 Å². The van der Waals surface area contributed by atoms with Crippen LogP contribution >= 0.6 is 0 Å². The highest BCUT2D eigenvalue weighted by Crippen LogP contribution is 2.59. The first-order valence-electron chi connectivity index (χ1n) is 9.62. The Labute approximate surface area is 157 Å². The van der Waals surface area contributed by atoms with Crippen LogP contribution in [0.15, 0.2) is 24.3 Å². The number of hydrogen-bond donors (Lipinski definition) is 1. The van der Waals surface area contributed by atoms with Crippen LogP contribution in [0.1, 0.15) is 43.5 Å². The number of Topliss-reactive ketones (excluding diaryl/α,β-unsaturated/α-hetero) is 1. The molecule has 0 spiro atoms. The Bertz CT molecular complexity index is 980. The summed E-state index contributed by atoms with van der Waals surface area (Å²) in [7, 11) is 1.29. The summed E-state index contributed by atoms with van der Waals surface area (Å²) in [5.74, 6) is -0.656. The number of carbonyl (C=O) groups is 2. The van der Waals surface area contributed by atoms with Gasteiger partial charge in [0, 0.05) is 24.0 Å². The molecular formula is C21H24N2O4. The predicted octanol–water partition coefficient (Wildman–Crippen LogP) is 2.13. The van der Waals surface area contributed by atoms with Crippen molar-refractivity contribution in [1.29, 1.82) is 0 Å². The van der Waals surface area contributed by atoms with Gasteiger partial charge in [0.2, 0.25) is 5.72 Å². The molecule has 0 bridgehead atoms. The van der Waals surface area contributed by atoms with Crippen LogP contribution in [-0.4, -0.2) is 46.5 Å². The number of hydrogen-bond acceptors (Lipinski definition) is 5. The van der Waals surface area contributed by atoms with Gasteiger partial charge in [-0.05, 0) is 44.4 Å². The number of esters is 1. The number of para-hydroxylation sites is 1. The molecule has 6 heteroatoms. The molecule has 2 aromatic rings. The van der Waals surface area contributed by atoms with Crippen molar-refractivity contribution in [3.05, 3.63) is 35.5 Å². The van der Waals surface area contributed by atoms with E-state index in [-0.39, 0.29) is 18.2 Å². The lowest BCUT2D eigenvalue weighted by molar-refractivity contribution is -0.194. The van der Waals surface area contributed by atoms with Crippen LogP contribution in [0.2, 0.25) is 0 Å². The van der Waals surface area contributed by atoms with E-state index in [9.17, 15) is 14.7 Å². The second-order valence-corrected chi connectivity index (χ2v) is 8.21. The summed E-state index contributed by atoms with van der Waals surface area (Å²) >= 11 is 0. The third kappa shape index (κ3) is 1.92. The highest BCUT2D eigenvalue weighted by molar-refractivity contribution is 5.92. The largest absolute Gasteiger partial charge is 0.465 e. The quantitative estimate of drug-likeness (QED) is 0.823. The first-order valence-corrected chi connectivity index (χ1v) is 9.62. The van der Waals surface area contributed by atoms with Gasteiger partial charge in [0.05, 0.1) is 24.1 Å². The Morgan fingerprint density at radius 2 is 2.04 bits per heavy atom. The minimum absolute atomic E-state index is 0.0453. The maximum absolute atomic E-state index is 13.0. The molecule has 3 aliphatic heterocycles. The predicted molar refractivity (Wildman–Crippen MR) is 99.1 cm³/mol. The van der Waals surface area contributed by atoms with E-state index in [0.717, 1.165) is 48.1 Å². The fourth-order valence-electron chi connectivity index (χ4n) is 5.94. The Balaban J connectivity index is 1.92. The van der Waals surface area contributed by atoms with Crippen molar-refractivity contribution < 1.29 is 19.4 Å². The molecule has 0 amide bonds. The molecule has 0 radical (unpaired) electrons. The number of ether oxygens (including phenoxy) is 1. The summed E-state index contributed by atoms with van der Waals surface area (Å²) in [4.78, 5) is 28.2. The standard InChI is InChI=1S/C21H24N2O4/c1-13(24)20-9-5-10-22-11-8-15-14-6-3-4-7-16(14)23(17(15)18(20)22)21(26,12-20)19(25)27-2/h3-4,6-7,18,26H,5,8-12H2,1-2H3. The number of aliphatic hydroxyl groups is 1. The van der Waals surface area contributed by atoms with E-state index in [1.165, 1.54) is 7.11 Å². The molecule has 1 N–H and O–H groups in total. The van der Waals surface area contributed by atoms with Gasteiger partial charge in [-0.1, -0.05) is 18.2 Å². The van der Waals surface area contributed by atoms with Crippen LogP contribution in [0.25, 0.3) is 10.9 Å². The maximum atomic E-state index is 13.0. The van der Waals surface area contributed by atoms with Crippen molar-refractivity contribution in [2.45, 2.75) is 44.4 Å². The maximum Gasteiger partial charge on any atom is 0.359 e. The molecule has 27 heavy (non-hydrogen) atoms. The summed E-state index contributed by atoms with van der Waals surface area (Å²) in [6, 6.07) is 7.79. The second-order valence-electron chi connectivity index (χ2n) is 8.21. The van der Waals surface area contributed by atoms with Crippen molar-refractivity contribution in [3.8, 4) is 0 Å². The fourth-order valence-corrected chi connectivity index (χ4v) is 5.94. The smallest absolute Gasteiger partial charge is 0.359 e. The third-order valence-electron chi connectivity index (χ3n) is 7.03. The molecule has 142 valence electrons. The lowest BCUT2D eigenvalue weighted by atomic mass is 9.61. The van der Waals surface area contributed by atoms with Gasteiger partial charge in [0.25, 0.3) is 0 Å². The van der Waals surface area contributed by atoms with E-state index in [1.807, 2.05) is 24.3 Å². The summed E-state index contributed by atoms with van der Waals surface area (Å²) in [6.07, 6.45) is 2.49. The molecule has 3 unspecified atom stereocenters. The zero-order valence-electron chi connectivity index (χ0n) is 15.7. The monoisotopic (exact) mass is 368 g/mol. The molecule has 1 aromatic heterocycles. The summed E-state index contributed by atoms with van der Waals surface area (Å²) in [5.41, 5.74) is 0.281. The average Bonchev–Trinajstić information content (AvgIpc) is 3.02. The van der Waals surface area contributed by atoms with E-state index in [1.54, 1.807) is 11.5 Å². The molecular weight excluding hydrogens is 344 g/mol. The van der Waals surface area contributed by atoms with Crippen molar-refractivity contribution >= 4 is 22.7 Å². The number of aromatic nitrogens is 1. The van der Waals surface area contributed by atoms with Crippen molar-refractivity contribution in [2.24, 2.45) is 5.41 Å². The molecule has 3 atom stereocenters. The number of nitrogens with zero attached hydrogens (tertiary/aromatic N) is 2. The van der Waals surface area contributed by atoms with Gasteiger partial charge in [0.15, 0.2) is 0 Å². The van der Waals surface area contributed by atoms with Crippen LogP contribution < -0.4 is 0 Å². The molecule has 4 heterocycles. The number of methoxy groups -OCH3 is 1. The van der Waals surface area contributed by atoms with Crippen molar-refractivity contribution in [3.63, 3.8) is 0 Å². The van der Waals surface area contributed by atoms with E-state index >= 15 is 0 Å². The molecule has 1 saturated heterocycles. The first-order chi connectivity index (χ1) is 12.9. The van der Waals surface area contributed by atoms with Gasteiger partial charge < -0.3 is 14.4 Å². The fraction of sp³-hybridized carbons (Fsp3) is 0.524. The van der Waals surface area contributed by atoms with Gasteiger partial charge in [0.1, 0.15) is 5.78 Å². The summed E-state index contributed by atoms with van der Waals surface area (Å²) < 4.78 is 6.79. The highest BCUT2D eigenvalue weighted by atomic mass is 16.5. The zero-order chi connectivity index (χ0) is 19.0. The van der Waals surface area contributed by atoms with Crippen LogP contribution in [0.5, 0.6) is 0 Å². The number of carbonyl (C=O) groups excluding carboxylic acids is 2. The summed E-state index contributed by atoms with van der Waals surface area (Å²) in [5, 5.41) is 12.7. The minimum Gasteiger partial charge on any atom is -0.465 e. The molecule has 6 nitrogen and oxygen atoms in total. The number of ketones is 1. The minimum atomic E-state index is -1.87. The van der Waals surface area contributed by atoms with Crippen molar-refractivity contribution in [2.75, 3.05) is 20.2 Å². The van der Waals surface area contributed by atoms with Gasteiger partial charge in [-0.25, -0.2) is 4.79 Å².